The molecule has 1 rings (SSSR count). The molecule has 0 saturated heterocycles. The fourth-order valence-electron chi connectivity index (χ4n) is 2.02. The summed E-state index contributed by atoms with van der Waals surface area (Å²) in [6.07, 6.45) is 2.69. The lowest BCUT2D eigenvalue weighted by Gasteiger charge is -2.24. The van der Waals surface area contributed by atoms with E-state index in [-0.39, 0.29) is 6.10 Å². The molecule has 0 fully saturated rings. The molecule has 0 heterocycles. The summed E-state index contributed by atoms with van der Waals surface area (Å²) in [5, 5.41) is 3.47. The van der Waals surface area contributed by atoms with Crippen molar-refractivity contribution in [2.45, 2.75) is 58.8 Å². The molecule has 1 N–H and O–H groups in total. The van der Waals surface area contributed by atoms with Crippen molar-refractivity contribution in [2.24, 2.45) is 0 Å². The highest BCUT2D eigenvalue weighted by molar-refractivity contribution is 9.10. The summed E-state index contributed by atoms with van der Waals surface area (Å²) in [6, 6.07) is 8.89. The van der Waals surface area contributed by atoms with E-state index in [2.05, 4.69) is 73.2 Å². The first-order chi connectivity index (χ1) is 9.02. The predicted octanol–water partition coefficient (Wildman–Crippen LogP) is 4.69. The van der Waals surface area contributed by atoms with Crippen LogP contribution in [-0.4, -0.2) is 18.7 Å². The second-order valence-electron chi connectivity index (χ2n) is 5.34. The van der Waals surface area contributed by atoms with Gasteiger partial charge in [-0.15, -0.1) is 0 Å². The van der Waals surface area contributed by atoms with E-state index < -0.39 is 0 Å². The Labute approximate surface area is 126 Å². The third-order valence-corrected chi connectivity index (χ3v) is 3.57. The average molecular weight is 328 g/mol. The Bertz CT molecular complexity index is 350. The molecule has 0 spiro atoms. The van der Waals surface area contributed by atoms with E-state index >= 15 is 0 Å². The van der Waals surface area contributed by atoms with Crippen LogP contribution in [0.3, 0.4) is 0 Å². The van der Waals surface area contributed by atoms with Crippen molar-refractivity contribution in [3.05, 3.63) is 34.3 Å². The zero-order valence-corrected chi connectivity index (χ0v) is 14.0. The molecule has 0 aliphatic rings. The number of hydrogen-bond acceptors (Lipinski definition) is 2. The van der Waals surface area contributed by atoms with Crippen LogP contribution in [0.1, 0.15) is 52.2 Å². The van der Waals surface area contributed by atoms with Crippen LogP contribution in [0, 0.1) is 0 Å². The minimum absolute atomic E-state index is 0.122. The molecule has 2 atom stereocenters. The van der Waals surface area contributed by atoms with Crippen molar-refractivity contribution in [3.8, 4) is 0 Å². The maximum atomic E-state index is 6.19. The Kier molecular flexibility index (Phi) is 7.66. The fourth-order valence-corrected chi connectivity index (χ4v) is 2.28. The van der Waals surface area contributed by atoms with Crippen LogP contribution in [0.4, 0.5) is 0 Å². The van der Waals surface area contributed by atoms with Crippen molar-refractivity contribution in [1.82, 2.24) is 5.32 Å². The van der Waals surface area contributed by atoms with Crippen LogP contribution >= 0.6 is 15.9 Å². The maximum Gasteiger partial charge on any atom is 0.0952 e. The predicted molar refractivity (Wildman–Crippen MR) is 85.5 cm³/mol. The van der Waals surface area contributed by atoms with Crippen LogP contribution in [0.2, 0.25) is 0 Å². The minimum Gasteiger partial charge on any atom is -0.369 e. The molecule has 1 aromatic rings. The summed E-state index contributed by atoms with van der Waals surface area (Å²) in [5.41, 5.74) is 1.24. The van der Waals surface area contributed by atoms with E-state index in [1.165, 1.54) is 5.56 Å². The molecule has 2 nitrogen and oxygen atoms in total. The molecule has 108 valence electrons. The van der Waals surface area contributed by atoms with E-state index in [0.717, 1.165) is 23.9 Å². The van der Waals surface area contributed by atoms with Crippen LogP contribution in [-0.2, 0) is 4.74 Å². The molecule has 0 bridgehead atoms. The van der Waals surface area contributed by atoms with Crippen molar-refractivity contribution >= 4 is 15.9 Å². The number of ether oxygens (including phenoxy) is 1. The van der Waals surface area contributed by atoms with Crippen molar-refractivity contribution in [2.75, 3.05) is 6.54 Å². The van der Waals surface area contributed by atoms with Gasteiger partial charge in [0.2, 0.25) is 0 Å². The third kappa shape index (κ3) is 6.55. The first kappa shape index (κ1) is 16.7. The van der Waals surface area contributed by atoms with Crippen LogP contribution in [0.25, 0.3) is 0 Å². The van der Waals surface area contributed by atoms with Crippen molar-refractivity contribution in [3.63, 3.8) is 0 Å². The summed E-state index contributed by atoms with van der Waals surface area (Å²) in [4.78, 5) is 0. The van der Waals surface area contributed by atoms with Gasteiger partial charge < -0.3 is 10.1 Å². The van der Waals surface area contributed by atoms with Crippen molar-refractivity contribution in [1.29, 1.82) is 0 Å². The lowest BCUT2D eigenvalue weighted by Crippen LogP contribution is -2.30. The second-order valence-corrected chi connectivity index (χ2v) is 6.25. The summed E-state index contributed by atoms with van der Waals surface area (Å²) in [5.74, 6) is 0. The van der Waals surface area contributed by atoms with Gasteiger partial charge in [-0.3, -0.25) is 0 Å². The number of nitrogens with one attached hydrogen (secondary N) is 1. The zero-order chi connectivity index (χ0) is 14.3. The maximum absolute atomic E-state index is 6.19. The van der Waals surface area contributed by atoms with Crippen LogP contribution < -0.4 is 5.32 Å². The Morgan fingerprint density at radius 3 is 2.32 bits per heavy atom. The number of benzene rings is 1. The van der Waals surface area contributed by atoms with Gasteiger partial charge in [0.05, 0.1) is 12.2 Å². The van der Waals surface area contributed by atoms with Crippen LogP contribution in [0.5, 0.6) is 0 Å². The highest BCUT2D eigenvalue weighted by Crippen LogP contribution is 2.22. The molecular formula is C16H26BrNO. The van der Waals surface area contributed by atoms with E-state index in [1.54, 1.807) is 0 Å². The molecule has 0 saturated carbocycles. The number of halogens is 1. The van der Waals surface area contributed by atoms with E-state index in [0.29, 0.717) is 12.1 Å². The summed E-state index contributed by atoms with van der Waals surface area (Å²) in [7, 11) is 0. The standard InChI is InChI=1S/C16H26BrNO/c1-5-6-13(4)19-16(11-18-12(2)3)14-7-9-15(17)10-8-14/h7-10,12-13,16,18H,5-6,11H2,1-4H3. The topological polar surface area (TPSA) is 21.3 Å². The third-order valence-electron chi connectivity index (χ3n) is 3.05. The van der Waals surface area contributed by atoms with Crippen molar-refractivity contribution < 1.29 is 4.74 Å². The van der Waals surface area contributed by atoms with Gasteiger partial charge in [-0.1, -0.05) is 55.3 Å². The Morgan fingerprint density at radius 1 is 1.16 bits per heavy atom. The molecule has 3 heteroatoms. The van der Waals surface area contributed by atoms with Gasteiger partial charge in [-0.25, -0.2) is 0 Å². The molecule has 1 aromatic carbocycles. The number of hydrogen-bond donors (Lipinski definition) is 1. The Morgan fingerprint density at radius 2 is 1.79 bits per heavy atom. The highest BCUT2D eigenvalue weighted by atomic mass is 79.9. The van der Waals surface area contributed by atoms with Crippen LogP contribution in [0.15, 0.2) is 28.7 Å². The smallest absolute Gasteiger partial charge is 0.0952 e. The van der Waals surface area contributed by atoms with Gasteiger partial charge in [0.1, 0.15) is 0 Å². The summed E-state index contributed by atoms with van der Waals surface area (Å²) < 4.78 is 7.29. The van der Waals surface area contributed by atoms with Gasteiger partial charge in [0.25, 0.3) is 0 Å². The molecule has 19 heavy (non-hydrogen) atoms. The lowest BCUT2D eigenvalue weighted by molar-refractivity contribution is -0.00807. The van der Waals surface area contributed by atoms with Gasteiger partial charge >= 0.3 is 0 Å². The molecule has 0 aliphatic heterocycles. The second kappa shape index (κ2) is 8.72. The Balaban J connectivity index is 2.70. The largest absolute Gasteiger partial charge is 0.369 e. The van der Waals surface area contributed by atoms with Gasteiger partial charge in [0, 0.05) is 17.1 Å². The van der Waals surface area contributed by atoms with E-state index in [4.69, 9.17) is 4.74 Å². The number of rotatable bonds is 8. The van der Waals surface area contributed by atoms with Gasteiger partial charge in [0.15, 0.2) is 0 Å². The van der Waals surface area contributed by atoms with E-state index in [9.17, 15) is 0 Å². The minimum atomic E-state index is 0.122. The van der Waals surface area contributed by atoms with E-state index in [1.807, 2.05) is 0 Å². The zero-order valence-electron chi connectivity index (χ0n) is 12.4. The molecule has 0 aliphatic carbocycles. The average Bonchev–Trinajstić information content (AvgIpc) is 2.35. The molecule has 0 radical (unpaired) electrons. The highest BCUT2D eigenvalue weighted by Gasteiger charge is 2.15. The molecule has 0 amide bonds. The van der Waals surface area contributed by atoms with Gasteiger partial charge in [-0.05, 0) is 31.0 Å². The normalized spacial score (nSPS) is 14.6. The first-order valence-electron chi connectivity index (χ1n) is 7.17. The van der Waals surface area contributed by atoms with Gasteiger partial charge in [-0.2, -0.15) is 0 Å². The quantitative estimate of drug-likeness (QED) is 0.747. The lowest BCUT2D eigenvalue weighted by atomic mass is 10.1. The Hall–Kier alpha value is -0.380. The monoisotopic (exact) mass is 327 g/mol. The molecule has 0 aromatic heterocycles. The fraction of sp³-hybridized carbons (Fsp3) is 0.625. The first-order valence-corrected chi connectivity index (χ1v) is 7.96. The summed E-state index contributed by atoms with van der Waals surface area (Å²) >= 11 is 3.48. The summed E-state index contributed by atoms with van der Waals surface area (Å²) in [6.45, 7) is 9.53. The SMILES string of the molecule is CCCC(C)OC(CNC(C)C)c1ccc(Br)cc1. The molecular weight excluding hydrogens is 302 g/mol. The molecule has 2 unspecified atom stereocenters.